The summed E-state index contributed by atoms with van der Waals surface area (Å²) in [4.78, 5) is 33.3. The predicted molar refractivity (Wildman–Crippen MR) is 70.3 cm³/mol. The number of carbonyl (C=O) groups is 2. The van der Waals surface area contributed by atoms with Gasteiger partial charge in [-0.15, -0.1) is 0 Å². The molecule has 0 spiro atoms. The van der Waals surface area contributed by atoms with Crippen LogP contribution in [0.3, 0.4) is 0 Å². The molecule has 0 atom stereocenters. The van der Waals surface area contributed by atoms with Crippen LogP contribution >= 0.6 is 0 Å². The average molecular weight is 262 g/mol. The Morgan fingerprint density at radius 3 is 2.58 bits per heavy atom. The lowest BCUT2D eigenvalue weighted by molar-refractivity contribution is -0.148. The molecule has 2 rings (SSSR count). The molecule has 0 radical (unpaired) electrons. The summed E-state index contributed by atoms with van der Waals surface area (Å²) in [6, 6.07) is 1.84. The van der Waals surface area contributed by atoms with E-state index in [1.54, 1.807) is 0 Å². The molecule has 0 aromatic carbocycles. The molecule has 6 nitrogen and oxygen atoms in total. The van der Waals surface area contributed by atoms with Gasteiger partial charge in [0, 0.05) is 31.1 Å². The van der Waals surface area contributed by atoms with E-state index < -0.39 is 0 Å². The Labute approximate surface area is 112 Å². The summed E-state index contributed by atoms with van der Waals surface area (Å²) in [6.45, 7) is 4.77. The van der Waals surface area contributed by atoms with E-state index in [1.165, 1.54) is 4.90 Å². The molecule has 102 valence electrons. The van der Waals surface area contributed by atoms with Crippen molar-refractivity contribution in [1.29, 1.82) is 0 Å². The first-order valence-electron chi connectivity index (χ1n) is 6.51. The Kier molecular flexibility index (Phi) is 4.09. The van der Waals surface area contributed by atoms with E-state index >= 15 is 0 Å². The average Bonchev–Trinajstić information content (AvgIpc) is 2.34. The minimum atomic E-state index is -0.133. The van der Waals surface area contributed by atoms with E-state index in [2.05, 4.69) is 15.3 Å². The third kappa shape index (κ3) is 3.27. The molecule has 1 N–H and O–H groups in total. The summed E-state index contributed by atoms with van der Waals surface area (Å²) >= 11 is 0. The lowest BCUT2D eigenvalue weighted by atomic mass is 10.1. The van der Waals surface area contributed by atoms with Gasteiger partial charge in [0.15, 0.2) is 5.82 Å². The summed E-state index contributed by atoms with van der Waals surface area (Å²) in [7, 11) is 0. The number of nitrogens with zero attached hydrogens (tertiary/aromatic N) is 3. The van der Waals surface area contributed by atoms with E-state index in [4.69, 9.17) is 0 Å². The Morgan fingerprint density at radius 1 is 1.26 bits per heavy atom. The van der Waals surface area contributed by atoms with Crippen molar-refractivity contribution in [2.45, 2.75) is 39.7 Å². The maximum atomic E-state index is 11.7. The molecule has 1 aromatic rings. The SMILES string of the molecule is CCNc1cc(C)nc(CN2C(=O)CCCC2=O)n1. The smallest absolute Gasteiger partial charge is 0.229 e. The van der Waals surface area contributed by atoms with Crippen molar-refractivity contribution >= 4 is 17.6 Å². The van der Waals surface area contributed by atoms with Gasteiger partial charge < -0.3 is 5.32 Å². The van der Waals surface area contributed by atoms with Crippen LogP contribution in [0.1, 0.15) is 37.7 Å². The van der Waals surface area contributed by atoms with Crippen LogP contribution in [0.25, 0.3) is 0 Å². The first-order valence-corrected chi connectivity index (χ1v) is 6.51. The minimum Gasteiger partial charge on any atom is -0.370 e. The Morgan fingerprint density at radius 2 is 1.95 bits per heavy atom. The molecule has 19 heavy (non-hydrogen) atoms. The number of amides is 2. The molecular formula is C13H18N4O2. The molecule has 0 aliphatic carbocycles. The Hall–Kier alpha value is -1.98. The molecule has 1 aromatic heterocycles. The van der Waals surface area contributed by atoms with Gasteiger partial charge >= 0.3 is 0 Å². The third-order valence-corrected chi connectivity index (χ3v) is 2.94. The number of hydrogen-bond donors (Lipinski definition) is 1. The first kappa shape index (κ1) is 13.5. The zero-order valence-electron chi connectivity index (χ0n) is 11.3. The molecule has 0 bridgehead atoms. The van der Waals surface area contributed by atoms with Gasteiger partial charge in [0.2, 0.25) is 11.8 Å². The summed E-state index contributed by atoms with van der Waals surface area (Å²) in [6.07, 6.45) is 1.50. The van der Waals surface area contributed by atoms with Crippen molar-refractivity contribution in [3.8, 4) is 0 Å². The number of nitrogens with one attached hydrogen (secondary N) is 1. The van der Waals surface area contributed by atoms with Crippen LogP contribution in [-0.2, 0) is 16.1 Å². The second-order valence-electron chi connectivity index (χ2n) is 4.57. The van der Waals surface area contributed by atoms with Crippen LogP contribution < -0.4 is 5.32 Å². The number of aromatic nitrogens is 2. The molecule has 1 saturated heterocycles. The van der Waals surface area contributed by atoms with Crippen LogP contribution in [0.4, 0.5) is 5.82 Å². The van der Waals surface area contributed by atoms with Gasteiger partial charge in [-0.3, -0.25) is 14.5 Å². The third-order valence-electron chi connectivity index (χ3n) is 2.94. The second kappa shape index (κ2) is 5.77. The summed E-state index contributed by atoms with van der Waals surface area (Å²) in [5.41, 5.74) is 0.817. The maximum absolute atomic E-state index is 11.7. The number of hydrogen-bond acceptors (Lipinski definition) is 5. The molecule has 2 amide bonds. The topological polar surface area (TPSA) is 75.2 Å². The fourth-order valence-electron chi connectivity index (χ4n) is 2.09. The highest BCUT2D eigenvalue weighted by Crippen LogP contribution is 2.15. The van der Waals surface area contributed by atoms with E-state index in [9.17, 15) is 9.59 Å². The van der Waals surface area contributed by atoms with Crippen molar-refractivity contribution in [3.63, 3.8) is 0 Å². The minimum absolute atomic E-state index is 0.133. The lowest BCUT2D eigenvalue weighted by Gasteiger charge is -2.24. The molecule has 2 heterocycles. The lowest BCUT2D eigenvalue weighted by Crippen LogP contribution is -2.39. The van der Waals surface area contributed by atoms with E-state index in [0.717, 1.165) is 18.1 Å². The number of anilines is 1. The first-order chi connectivity index (χ1) is 9.10. The monoisotopic (exact) mass is 262 g/mol. The number of likely N-dealkylation sites (tertiary alicyclic amines) is 1. The van der Waals surface area contributed by atoms with Crippen LogP contribution in [0, 0.1) is 6.92 Å². The number of imide groups is 1. The molecule has 0 saturated carbocycles. The number of carbonyl (C=O) groups excluding carboxylic acids is 2. The standard InChI is InChI=1S/C13H18N4O2/c1-3-14-10-7-9(2)15-11(16-10)8-17-12(18)5-4-6-13(17)19/h7H,3-6,8H2,1-2H3,(H,14,15,16). The van der Waals surface area contributed by atoms with Crippen LogP contribution in [0.2, 0.25) is 0 Å². The summed E-state index contributed by atoms with van der Waals surface area (Å²) in [5.74, 6) is 0.958. The highest BCUT2D eigenvalue weighted by atomic mass is 16.2. The van der Waals surface area contributed by atoms with E-state index in [0.29, 0.717) is 25.1 Å². The van der Waals surface area contributed by atoms with Gasteiger partial charge in [-0.05, 0) is 20.3 Å². The van der Waals surface area contributed by atoms with Crippen molar-refractivity contribution < 1.29 is 9.59 Å². The molecule has 0 unspecified atom stereocenters. The van der Waals surface area contributed by atoms with Crippen LogP contribution in [0.15, 0.2) is 6.07 Å². The highest BCUT2D eigenvalue weighted by Gasteiger charge is 2.26. The van der Waals surface area contributed by atoms with Gasteiger partial charge in [-0.2, -0.15) is 0 Å². The molecule has 1 aliphatic heterocycles. The maximum Gasteiger partial charge on any atom is 0.229 e. The molecule has 6 heteroatoms. The van der Waals surface area contributed by atoms with Gasteiger partial charge in [0.05, 0.1) is 6.54 Å². The Balaban J connectivity index is 2.17. The number of aryl methyl sites for hydroxylation is 1. The fraction of sp³-hybridized carbons (Fsp3) is 0.538. The van der Waals surface area contributed by atoms with E-state index in [-0.39, 0.29) is 18.4 Å². The van der Waals surface area contributed by atoms with Gasteiger partial charge in [0.1, 0.15) is 5.82 Å². The zero-order chi connectivity index (χ0) is 13.8. The van der Waals surface area contributed by atoms with Crippen LogP contribution in [-0.4, -0.2) is 33.2 Å². The predicted octanol–water partition coefficient (Wildman–Crippen LogP) is 1.26. The van der Waals surface area contributed by atoms with Crippen molar-refractivity contribution in [2.24, 2.45) is 0 Å². The van der Waals surface area contributed by atoms with Crippen molar-refractivity contribution in [2.75, 3.05) is 11.9 Å². The van der Waals surface area contributed by atoms with Gasteiger partial charge in [0.25, 0.3) is 0 Å². The second-order valence-corrected chi connectivity index (χ2v) is 4.57. The van der Waals surface area contributed by atoms with Crippen LogP contribution in [0.5, 0.6) is 0 Å². The Bertz CT molecular complexity index is 485. The number of rotatable bonds is 4. The largest absolute Gasteiger partial charge is 0.370 e. The fourth-order valence-corrected chi connectivity index (χ4v) is 2.09. The van der Waals surface area contributed by atoms with E-state index in [1.807, 2.05) is 19.9 Å². The number of piperidine rings is 1. The normalized spacial score (nSPS) is 15.8. The molecule has 1 fully saturated rings. The van der Waals surface area contributed by atoms with Gasteiger partial charge in [-0.25, -0.2) is 9.97 Å². The molecule has 1 aliphatic rings. The van der Waals surface area contributed by atoms with Crippen molar-refractivity contribution in [3.05, 3.63) is 17.6 Å². The highest BCUT2D eigenvalue weighted by molar-refractivity contribution is 5.97. The van der Waals surface area contributed by atoms with Gasteiger partial charge in [-0.1, -0.05) is 0 Å². The molecular weight excluding hydrogens is 244 g/mol. The van der Waals surface area contributed by atoms with Crippen molar-refractivity contribution in [1.82, 2.24) is 14.9 Å². The summed E-state index contributed by atoms with van der Waals surface area (Å²) < 4.78 is 0. The zero-order valence-corrected chi connectivity index (χ0v) is 11.3. The quantitative estimate of drug-likeness (QED) is 0.827. The summed E-state index contributed by atoms with van der Waals surface area (Å²) in [5, 5.41) is 3.11.